The van der Waals surface area contributed by atoms with Gasteiger partial charge < -0.3 is 10.5 Å². The Bertz CT molecular complexity index is 170. The predicted octanol–water partition coefficient (Wildman–Crippen LogP) is 3.02. The van der Waals surface area contributed by atoms with Gasteiger partial charge >= 0.3 is 0 Å². The highest BCUT2D eigenvalue weighted by molar-refractivity contribution is 4.78. The molecular weight excluding hydrogens is 186 g/mol. The van der Waals surface area contributed by atoms with Crippen molar-refractivity contribution in [1.29, 1.82) is 0 Å². The Balaban J connectivity index is 1.96. The van der Waals surface area contributed by atoms with E-state index in [2.05, 4.69) is 6.58 Å². The first-order chi connectivity index (χ1) is 7.34. The van der Waals surface area contributed by atoms with E-state index in [-0.39, 0.29) is 6.04 Å². The van der Waals surface area contributed by atoms with Crippen LogP contribution in [0.25, 0.3) is 0 Å². The molecular formula is C13H25NO. The van der Waals surface area contributed by atoms with E-state index in [4.69, 9.17) is 10.5 Å². The van der Waals surface area contributed by atoms with Gasteiger partial charge in [-0.1, -0.05) is 25.3 Å². The van der Waals surface area contributed by atoms with E-state index in [0.29, 0.717) is 6.10 Å². The molecule has 0 aromatic heterocycles. The fourth-order valence-electron chi connectivity index (χ4n) is 2.13. The van der Waals surface area contributed by atoms with Crippen molar-refractivity contribution in [2.75, 3.05) is 6.61 Å². The van der Waals surface area contributed by atoms with E-state index in [0.717, 1.165) is 32.3 Å². The molecule has 2 heteroatoms. The van der Waals surface area contributed by atoms with Gasteiger partial charge in [-0.2, -0.15) is 0 Å². The first kappa shape index (κ1) is 12.7. The van der Waals surface area contributed by atoms with Crippen molar-refractivity contribution in [3.8, 4) is 0 Å². The summed E-state index contributed by atoms with van der Waals surface area (Å²) in [5.41, 5.74) is 6.00. The molecule has 1 rings (SSSR count). The van der Waals surface area contributed by atoms with Gasteiger partial charge in [0.25, 0.3) is 0 Å². The zero-order chi connectivity index (χ0) is 10.9. The summed E-state index contributed by atoms with van der Waals surface area (Å²) in [6.45, 7) is 4.60. The molecule has 1 fully saturated rings. The summed E-state index contributed by atoms with van der Waals surface area (Å²) in [5, 5.41) is 0. The van der Waals surface area contributed by atoms with Crippen LogP contribution in [0.5, 0.6) is 0 Å². The van der Waals surface area contributed by atoms with Crippen molar-refractivity contribution >= 4 is 0 Å². The minimum atomic E-state index is 0.284. The Morgan fingerprint density at radius 3 is 2.73 bits per heavy atom. The van der Waals surface area contributed by atoms with E-state index < -0.39 is 0 Å². The summed E-state index contributed by atoms with van der Waals surface area (Å²) in [4.78, 5) is 0. The maximum absolute atomic E-state index is 6.00. The maximum atomic E-state index is 6.00. The highest BCUT2D eigenvalue weighted by Crippen LogP contribution is 2.19. The monoisotopic (exact) mass is 211 g/mol. The van der Waals surface area contributed by atoms with Crippen LogP contribution >= 0.6 is 0 Å². The number of unbranched alkanes of at least 4 members (excludes halogenated alkanes) is 3. The first-order valence-electron chi connectivity index (χ1n) is 6.32. The number of nitrogens with two attached hydrogens (primary N) is 1. The van der Waals surface area contributed by atoms with Crippen LogP contribution in [0.4, 0.5) is 0 Å². The van der Waals surface area contributed by atoms with E-state index >= 15 is 0 Å². The topological polar surface area (TPSA) is 35.2 Å². The third kappa shape index (κ3) is 5.33. The summed E-state index contributed by atoms with van der Waals surface area (Å²) in [5.74, 6) is 0. The Hall–Kier alpha value is -0.340. The molecule has 1 aliphatic rings. The zero-order valence-electron chi connectivity index (χ0n) is 9.79. The third-order valence-electron chi connectivity index (χ3n) is 3.14. The summed E-state index contributed by atoms with van der Waals surface area (Å²) >= 11 is 0. The number of hydrogen-bond donors (Lipinski definition) is 1. The van der Waals surface area contributed by atoms with Crippen LogP contribution in [-0.4, -0.2) is 18.8 Å². The summed E-state index contributed by atoms with van der Waals surface area (Å²) in [6.07, 6.45) is 12.0. The van der Waals surface area contributed by atoms with Gasteiger partial charge in [-0.3, -0.25) is 0 Å². The molecule has 0 saturated heterocycles. The summed E-state index contributed by atoms with van der Waals surface area (Å²) < 4.78 is 5.82. The minimum absolute atomic E-state index is 0.284. The predicted molar refractivity (Wildman–Crippen MR) is 64.8 cm³/mol. The molecule has 0 aliphatic heterocycles. The molecule has 0 amide bonds. The molecule has 0 aromatic rings. The molecule has 1 saturated carbocycles. The standard InChI is InChI=1S/C13H25NO/c1-2-3-4-5-8-11-15-13-10-7-6-9-12(13)14/h2,12-13H,1,3-11,14H2. The molecule has 0 heterocycles. The van der Waals surface area contributed by atoms with Gasteiger partial charge in [-0.15, -0.1) is 6.58 Å². The third-order valence-corrected chi connectivity index (χ3v) is 3.14. The van der Waals surface area contributed by atoms with Gasteiger partial charge in [-0.25, -0.2) is 0 Å². The van der Waals surface area contributed by atoms with Crippen LogP contribution in [0, 0.1) is 0 Å². The zero-order valence-corrected chi connectivity index (χ0v) is 9.79. The second kappa shape index (κ2) is 7.89. The smallest absolute Gasteiger partial charge is 0.0725 e. The van der Waals surface area contributed by atoms with Crippen molar-refractivity contribution in [2.24, 2.45) is 5.73 Å². The minimum Gasteiger partial charge on any atom is -0.377 e. The molecule has 1 aliphatic carbocycles. The largest absolute Gasteiger partial charge is 0.377 e. The lowest BCUT2D eigenvalue weighted by Crippen LogP contribution is -2.39. The average molecular weight is 211 g/mol. The summed E-state index contributed by atoms with van der Waals surface area (Å²) in [6, 6.07) is 0.284. The molecule has 88 valence electrons. The second-order valence-corrected chi connectivity index (χ2v) is 4.50. The molecule has 15 heavy (non-hydrogen) atoms. The maximum Gasteiger partial charge on any atom is 0.0725 e. The van der Waals surface area contributed by atoms with E-state index in [1.807, 2.05) is 6.08 Å². The van der Waals surface area contributed by atoms with Gasteiger partial charge in [-0.05, 0) is 32.1 Å². The number of rotatable bonds is 7. The van der Waals surface area contributed by atoms with Gasteiger partial charge in [0.2, 0.25) is 0 Å². The SMILES string of the molecule is C=CCCCCCOC1CCCCC1N. The van der Waals surface area contributed by atoms with Gasteiger partial charge in [0, 0.05) is 12.6 Å². The van der Waals surface area contributed by atoms with Crippen LogP contribution < -0.4 is 5.73 Å². The lowest BCUT2D eigenvalue weighted by molar-refractivity contribution is 0.0132. The van der Waals surface area contributed by atoms with Crippen molar-refractivity contribution < 1.29 is 4.74 Å². The van der Waals surface area contributed by atoms with Crippen LogP contribution in [0.3, 0.4) is 0 Å². The van der Waals surface area contributed by atoms with E-state index in [9.17, 15) is 0 Å². The molecule has 2 nitrogen and oxygen atoms in total. The molecule has 0 aromatic carbocycles. The number of hydrogen-bond acceptors (Lipinski definition) is 2. The molecule has 2 atom stereocenters. The Morgan fingerprint density at radius 2 is 2.00 bits per heavy atom. The van der Waals surface area contributed by atoms with Gasteiger partial charge in [0.05, 0.1) is 6.10 Å². The van der Waals surface area contributed by atoms with Gasteiger partial charge in [0.1, 0.15) is 0 Å². The number of allylic oxidation sites excluding steroid dienone is 1. The molecule has 0 spiro atoms. The molecule has 2 N–H and O–H groups in total. The Morgan fingerprint density at radius 1 is 1.20 bits per heavy atom. The summed E-state index contributed by atoms with van der Waals surface area (Å²) in [7, 11) is 0. The first-order valence-corrected chi connectivity index (χ1v) is 6.32. The van der Waals surface area contributed by atoms with E-state index in [1.54, 1.807) is 0 Å². The highest BCUT2D eigenvalue weighted by Gasteiger charge is 2.21. The lowest BCUT2D eigenvalue weighted by Gasteiger charge is -2.28. The Labute approximate surface area is 93.9 Å². The second-order valence-electron chi connectivity index (χ2n) is 4.50. The lowest BCUT2D eigenvalue weighted by atomic mass is 9.93. The van der Waals surface area contributed by atoms with Gasteiger partial charge in [0.15, 0.2) is 0 Å². The van der Waals surface area contributed by atoms with Crippen molar-refractivity contribution in [3.05, 3.63) is 12.7 Å². The van der Waals surface area contributed by atoms with Crippen LogP contribution in [0.1, 0.15) is 51.4 Å². The van der Waals surface area contributed by atoms with Crippen molar-refractivity contribution in [1.82, 2.24) is 0 Å². The fraction of sp³-hybridized carbons (Fsp3) is 0.846. The van der Waals surface area contributed by atoms with Crippen molar-refractivity contribution in [2.45, 2.75) is 63.5 Å². The molecule has 0 radical (unpaired) electrons. The average Bonchev–Trinajstić information content (AvgIpc) is 2.25. The highest BCUT2D eigenvalue weighted by atomic mass is 16.5. The molecule has 0 bridgehead atoms. The number of ether oxygens (including phenoxy) is 1. The van der Waals surface area contributed by atoms with Crippen LogP contribution in [-0.2, 0) is 4.74 Å². The molecule has 2 unspecified atom stereocenters. The van der Waals surface area contributed by atoms with E-state index in [1.165, 1.54) is 25.7 Å². The normalized spacial score (nSPS) is 26.5. The quantitative estimate of drug-likeness (QED) is 0.519. The fourth-order valence-corrected chi connectivity index (χ4v) is 2.13. The Kier molecular flexibility index (Phi) is 6.69. The van der Waals surface area contributed by atoms with Crippen LogP contribution in [0.2, 0.25) is 0 Å². The van der Waals surface area contributed by atoms with Crippen molar-refractivity contribution in [3.63, 3.8) is 0 Å². The van der Waals surface area contributed by atoms with Crippen LogP contribution in [0.15, 0.2) is 12.7 Å².